The van der Waals surface area contributed by atoms with Crippen molar-refractivity contribution >= 4 is 17.4 Å². The van der Waals surface area contributed by atoms with E-state index in [2.05, 4.69) is 13.0 Å². The van der Waals surface area contributed by atoms with E-state index >= 15 is 0 Å². The molecule has 6 heteroatoms. The number of nitrogens with two attached hydrogens (primary N) is 1. The molecule has 0 aliphatic carbocycles. The van der Waals surface area contributed by atoms with Crippen LogP contribution in [0.15, 0.2) is 77.7 Å². The molecule has 4 rings (SSSR count). The highest BCUT2D eigenvalue weighted by molar-refractivity contribution is 7.99. The van der Waals surface area contributed by atoms with Crippen molar-refractivity contribution in [3.05, 3.63) is 89.5 Å². The Labute approximate surface area is 193 Å². The maximum Gasteiger partial charge on any atom is 0.185 e. The number of nitrogen functional groups attached to an aromatic ring is 1. The molecule has 0 spiro atoms. The molecule has 32 heavy (non-hydrogen) atoms. The fourth-order valence-electron chi connectivity index (χ4n) is 3.93. The Bertz CT molecular complexity index is 1030. The molecule has 1 aliphatic rings. The second-order valence-electron chi connectivity index (χ2n) is 7.95. The summed E-state index contributed by atoms with van der Waals surface area (Å²) in [5.41, 5.74) is 9.55. The summed E-state index contributed by atoms with van der Waals surface area (Å²) in [4.78, 5) is 1.08. The summed E-state index contributed by atoms with van der Waals surface area (Å²) in [7, 11) is 1.69. The number of hydrogen-bond donors (Lipinski definition) is 2. The van der Waals surface area contributed by atoms with Crippen molar-refractivity contribution in [3.8, 4) is 5.75 Å². The lowest BCUT2D eigenvalue weighted by molar-refractivity contribution is -0.268. The molecule has 0 saturated carbocycles. The van der Waals surface area contributed by atoms with Crippen LogP contribution in [-0.2, 0) is 16.1 Å². The first-order valence-electron chi connectivity index (χ1n) is 10.7. The maximum atomic E-state index is 9.39. The average molecular weight is 452 g/mol. The van der Waals surface area contributed by atoms with Crippen LogP contribution >= 0.6 is 11.8 Å². The third kappa shape index (κ3) is 5.10. The Morgan fingerprint density at radius 3 is 2.47 bits per heavy atom. The molecule has 1 heterocycles. The number of anilines is 1. The molecule has 0 radical (unpaired) electrons. The molecule has 3 aromatic rings. The Hall–Kier alpha value is -2.51. The Kier molecular flexibility index (Phi) is 7.37. The molecule has 0 unspecified atom stereocenters. The fraction of sp³-hybridized carbons (Fsp3) is 0.308. The molecule has 3 aromatic carbocycles. The number of aliphatic hydroxyl groups is 1. The molecule has 0 amide bonds. The van der Waals surface area contributed by atoms with E-state index in [-0.39, 0.29) is 24.7 Å². The van der Waals surface area contributed by atoms with Crippen molar-refractivity contribution < 1.29 is 19.3 Å². The van der Waals surface area contributed by atoms with Gasteiger partial charge in [-0.2, -0.15) is 0 Å². The van der Waals surface area contributed by atoms with Gasteiger partial charge in [0.15, 0.2) is 6.29 Å². The third-order valence-corrected chi connectivity index (χ3v) is 6.92. The lowest BCUT2D eigenvalue weighted by Gasteiger charge is -2.41. The maximum absolute atomic E-state index is 9.39. The number of thioether (sulfide) groups is 1. The predicted octanol–water partition coefficient (Wildman–Crippen LogP) is 5.35. The second-order valence-corrected chi connectivity index (χ2v) is 9.02. The number of benzene rings is 3. The molecule has 168 valence electrons. The lowest BCUT2D eigenvalue weighted by Crippen LogP contribution is -2.38. The van der Waals surface area contributed by atoms with E-state index < -0.39 is 6.29 Å². The highest BCUT2D eigenvalue weighted by Crippen LogP contribution is 2.43. The van der Waals surface area contributed by atoms with Gasteiger partial charge in [-0.1, -0.05) is 55.5 Å². The number of hydrogen-bond acceptors (Lipinski definition) is 6. The van der Waals surface area contributed by atoms with Gasteiger partial charge in [-0.25, -0.2) is 0 Å². The first-order chi connectivity index (χ1) is 15.6. The first-order valence-corrected chi connectivity index (χ1v) is 11.7. The van der Waals surface area contributed by atoms with Crippen LogP contribution in [0.5, 0.6) is 5.75 Å². The van der Waals surface area contributed by atoms with E-state index in [1.807, 2.05) is 66.7 Å². The molecule has 3 N–H and O–H groups in total. The van der Waals surface area contributed by atoms with Crippen molar-refractivity contribution in [2.24, 2.45) is 5.92 Å². The van der Waals surface area contributed by atoms with Crippen LogP contribution < -0.4 is 10.5 Å². The number of rotatable bonds is 7. The number of para-hydroxylation sites is 1. The molecule has 1 fully saturated rings. The van der Waals surface area contributed by atoms with Gasteiger partial charge in [0.2, 0.25) is 0 Å². The molecule has 0 bridgehead atoms. The van der Waals surface area contributed by atoms with Crippen LogP contribution in [0.1, 0.15) is 36.0 Å². The van der Waals surface area contributed by atoms with E-state index in [4.69, 9.17) is 19.9 Å². The zero-order chi connectivity index (χ0) is 22.5. The highest BCUT2D eigenvalue weighted by Gasteiger charge is 2.38. The van der Waals surface area contributed by atoms with Crippen molar-refractivity contribution in [2.75, 3.05) is 18.6 Å². The van der Waals surface area contributed by atoms with E-state index in [9.17, 15) is 5.11 Å². The fourth-order valence-corrected chi connectivity index (χ4v) is 5.12. The minimum absolute atomic E-state index is 0.0224. The lowest BCUT2D eigenvalue weighted by atomic mass is 9.91. The van der Waals surface area contributed by atoms with Gasteiger partial charge < -0.3 is 25.1 Å². The van der Waals surface area contributed by atoms with Crippen molar-refractivity contribution in [1.29, 1.82) is 0 Å². The summed E-state index contributed by atoms with van der Waals surface area (Å²) in [6.07, 6.45) is -0.709. The molecule has 0 aromatic heterocycles. The van der Waals surface area contributed by atoms with Gasteiger partial charge in [0.25, 0.3) is 0 Å². The topological polar surface area (TPSA) is 73.9 Å². The van der Waals surface area contributed by atoms with Crippen LogP contribution in [0.2, 0.25) is 0 Å². The van der Waals surface area contributed by atoms with Gasteiger partial charge in [-0.3, -0.25) is 0 Å². The molecule has 1 saturated heterocycles. The third-order valence-electron chi connectivity index (χ3n) is 5.78. The number of ether oxygens (including phenoxy) is 3. The van der Waals surface area contributed by atoms with Crippen LogP contribution in [-0.4, -0.2) is 24.1 Å². The van der Waals surface area contributed by atoms with Crippen molar-refractivity contribution in [2.45, 2.75) is 36.9 Å². The molecular weight excluding hydrogens is 422 g/mol. The summed E-state index contributed by atoms with van der Waals surface area (Å²) in [6.45, 7) is 2.18. The van der Waals surface area contributed by atoms with E-state index in [0.29, 0.717) is 5.69 Å². The van der Waals surface area contributed by atoms with Gasteiger partial charge >= 0.3 is 0 Å². The minimum Gasteiger partial charge on any atom is -0.496 e. The summed E-state index contributed by atoms with van der Waals surface area (Å²) in [6, 6.07) is 23.6. The van der Waals surface area contributed by atoms with Crippen LogP contribution in [0.25, 0.3) is 0 Å². The molecule has 5 nitrogen and oxygen atoms in total. The van der Waals surface area contributed by atoms with Crippen LogP contribution in [0, 0.1) is 5.92 Å². The SMILES string of the molecule is COc1ccccc1SC[C@@H]1O[C@H](c2cccc(N)c2)O[C@H](c2ccc(CO)cc2)[C@@H]1C. The standard InChI is InChI=1S/C26H29NO4S/c1-17-23(16-32-24-9-4-3-8-22(24)29-2)30-26(20-6-5-7-21(27)14-20)31-25(17)19-12-10-18(15-28)11-13-19/h3-14,17,23,25-26,28H,15-16,27H2,1-2H3/t17-,23+,25+,26+/m1/s1. The Morgan fingerprint density at radius 2 is 1.75 bits per heavy atom. The Morgan fingerprint density at radius 1 is 0.969 bits per heavy atom. The van der Waals surface area contributed by atoms with Crippen molar-refractivity contribution in [3.63, 3.8) is 0 Å². The number of methoxy groups -OCH3 is 1. The molecule has 4 atom stereocenters. The van der Waals surface area contributed by atoms with Crippen LogP contribution in [0.3, 0.4) is 0 Å². The summed E-state index contributed by atoms with van der Waals surface area (Å²) in [5, 5.41) is 9.39. The van der Waals surface area contributed by atoms with Crippen molar-refractivity contribution in [1.82, 2.24) is 0 Å². The van der Waals surface area contributed by atoms with Crippen LogP contribution in [0.4, 0.5) is 5.69 Å². The largest absolute Gasteiger partial charge is 0.496 e. The zero-order valence-electron chi connectivity index (χ0n) is 18.3. The zero-order valence-corrected chi connectivity index (χ0v) is 19.1. The van der Waals surface area contributed by atoms with Gasteiger partial charge in [-0.05, 0) is 35.4 Å². The van der Waals surface area contributed by atoms with E-state index in [0.717, 1.165) is 33.1 Å². The van der Waals surface area contributed by atoms with Gasteiger partial charge in [0, 0.05) is 27.8 Å². The monoisotopic (exact) mass is 451 g/mol. The summed E-state index contributed by atoms with van der Waals surface area (Å²) in [5.74, 6) is 1.74. The average Bonchev–Trinajstić information content (AvgIpc) is 2.83. The second kappa shape index (κ2) is 10.4. The van der Waals surface area contributed by atoms with Gasteiger partial charge in [0.1, 0.15) is 5.75 Å². The van der Waals surface area contributed by atoms with E-state index in [1.54, 1.807) is 18.9 Å². The predicted molar refractivity (Wildman–Crippen MR) is 128 cm³/mol. The Balaban J connectivity index is 1.60. The highest BCUT2D eigenvalue weighted by atomic mass is 32.2. The molecule has 1 aliphatic heterocycles. The smallest absolute Gasteiger partial charge is 0.185 e. The summed E-state index contributed by atoms with van der Waals surface area (Å²) >= 11 is 1.72. The van der Waals surface area contributed by atoms with Gasteiger partial charge in [-0.15, -0.1) is 11.8 Å². The number of aliphatic hydroxyl groups excluding tert-OH is 1. The molecular formula is C26H29NO4S. The quantitative estimate of drug-likeness (QED) is 0.372. The first kappa shape index (κ1) is 22.7. The van der Waals surface area contributed by atoms with E-state index in [1.165, 1.54) is 0 Å². The summed E-state index contributed by atoms with van der Waals surface area (Å²) < 4.78 is 18.4. The van der Waals surface area contributed by atoms with Gasteiger partial charge in [0.05, 0.1) is 25.9 Å². The minimum atomic E-state index is -0.513. The normalized spacial score (nSPS) is 23.1.